The number of carbonyl (C=O) groups is 1. The Bertz CT molecular complexity index is 726. The fraction of sp³-hybridized carbons (Fsp3) is 0.429. The Balaban J connectivity index is 1.51. The molecule has 1 N–H and O–H groups in total. The first-order chi connectivity index (χ1) is 13.1. The minimum Gasteiger partial charge on any atom is -0.384 e. The maximum absolute atomic E-state index is 12.8. The van der Waals surface area contributed by atoms with Crippen LogP contribution in [0.1, 0.15) is 16.1 Å². The van der Waals surface area contributed by atoms with Gasteiger partial charge in [-0.2, -0.15) is 0 Å². The first-order valence-electron chi connectivity index (χ1n) is 9.52. The van der Waals surface area contributed by atoms with E-state index in [0.717, 1.165) is 51.5 Å². The molecule has 2 aromatic rings. The minimum atomic E-state index is 0.0191. The summed E-state index contributed by atoms with van der Waals surface area (Å²) >= 11 is 0. The number of amides is 1. The molecule has 0 saturated carbocycles. The van der Waals surface area contributed by atoms with Crippen molar-refractivity contribution in [2.75, 3.05) is 58.7 Å². The Kier molecular flexibility index (Phi) is 6.79. The first kappa shape index (κ1) is 19.3. The van der Waals surface area contributed by atoms with E-state index in [1.54, 1.807) is 6.20 Å². The molecule has 0 unspecified atom stereocenters. The van der Waals surface area contributed by atoms with Gasteiger partial charge in [-0.25, -0.2) is 0 Å². The third-order valence-electron chi connectivity index (χ3n) is 4.78. The third kappa shape index (κ3) is 5.77. The molecule has 1 fully saturated rings. The van der Waals surface area contributed by atoms with E-state index < -0.39 is 0 Å². The van der Waals surface area contributed by atoms with Crippen LogP contribution in [0.3, 0.4) is 0 Å². The molecule has 1 aliphatic heterocycles. The molecule has 0 aliphatic carbocycles. The van der Waals surface area contributed by atoms with Crippen LogP contribution in [-0.2, 0) is 6.54 Å². The van der Waals surface area contributed by atoms with E-state index in [4.69, 9.17) is 0 Å². The highest BCUT2D eigenvalue weighted by Gasteiger charge is 2.23. The number of hydrogen-bond acceptors (Lipinski definition) is 5. The van der Waals surface area contributed by atoms with Gasteiger partial charge in [-0.3, -0.25) is 14.7 Å². The second kappa shape index (κ2) is 9.48. The van der Waals surface area contributed by atoms with Gasteiger partial charge in [0.15, 0.2) is 0 Å². The highest BCUT2D eigenvalue weighted by molar-refractivity contribution is 5.93. The average Bonchev–Trinajstić information content (AvgIpc) is 2.69. The maximum Gasteiger partial charge on any atom is 0.272 e. The molecule has 27 heavy (non-hydrogen) atoms. The van der Waals surface area contributed by atoms with Crippen LogP contribution in [0.2, 0.25) is 0 Å². The molecule has 1 amide bonds. The van der Waals surface area contributed by atoms with Gasteiger partial charge in [0, 0.05) is 57.7 Å². The van der Waals surface area contributed by atoms with E-state index in [0.29, 0.717) is 5.69 Å². The van der Waals surface area contributed by atoms with Crippen LogP contribution in [0.4, 0.5) is 5.69 Å². The van der Waals surface area contributed by atoms with Crippen molar-refractivity contribution in [3.8, 4) is 0 Å². The van der Waals surface area contributed by atoms with Crippen LogP contribution in [0.15, 0.2) is 48.7 Å². The lowest BCUT2D eigenvalue weighted by Crippen LogP contribution is -2.48. The number of piperazine rings is 1. The summed E-state index contributed by atoms with van der Waals surface area (Å²) in [6, 6.07) is 14.2. The molecule has 1 aromatic carbocycles. The molecular weight excluding hydrogens is 338 g/mol. The van der Waals surface area contributed by atoms with Gasteiger partial charge in [0.2, 0.25) is 0 Å². The summed E-state index contributed by atoms with van der Waals surface area (Å²) in [7, 11) is 4.08. The third-order valence-corrected chi connectivity index (χ3v) is 4.78. The maximum atomic E-state index is 12.8. The molecular formula is C21H29N5O. The topological polar surface area (TPSA) is 51.7 Å². The predicted octanol–water partition coefficient (Wildman–Crippen LogP) is 2.01. The SMILES string of the molecule is CN(C)CCNc1ccnc(C(=O)N2CCN(Cc3ccccc3)CC2)c1. The fourth-order valence-corrected chi connectivity index (χ4v) is 3.19. The van der Waals surface area contributed by atoms with E-state index in [1.807, 2.05) is 37.2 Å². The number of benzene rings is 1. The van der Waals surface area contributed by atoms with Crippen LogP contribution in [0, 0.1) is 0 Å². The number of nitrogens with one attached hydrogen (secondary N) is 1. The largest absolute Gasteiger partial charge is 0.384 e. The molecule has 1 aromatic heterocycles. The Morgan fingerprint density at radius 2 is 1.85 bits per heavy atom. The van der Waals surface area contributed by atoms with E-state index in [-0.39, 0.29) is 5.91 Å². The zero-order valence-corrected chi connectivity index (χ0v) is 16.3. The van der Waals surface area contributed by atoms with Gasteiger partial charge in [-0.05, 0) is 31.8 Å². The lowest BCUT2D eigenvalue weighted by Gasteiger charge is -2.34. The van der Waals surface area contributed by atoms with Crippen LogP contribution < -0.4 is 5.32 Å². The monoisotopic (exact) mass is 367 g/mol. The zero-order valence-electron chi connectivity index (χ0n) is 16.3. The standard InChI is InChI=1S/C21H29N5O/c1-24(2)11-10-22-19-8-9-23-20(16-19)21(27)26-14-12-25(13-15-26)17-18-6-4-3-5-7-18/h3-9,16H,10-15,17H2,1-2H3,(H,22,23). The van der Waals surface area contributed by atoms with E-state index >= 15 is 0 Å². The number of rotatable bonds is 7. The molecule has 2 heterocycles. The van der Waals surface area contributed by atoms with Crippen LogP contribution in [-0.4, -0.2) is 79.0 Å². The van der Waals surface area contributed by atoms with Crippen molar-refractivity contribution in [1.82, 2.24) is 19.7 Å². The van der Waals surface area contributed by atoms with Gasteiger partial charge in [0.1, 0.15) is 5.69 Å². The molecule has 0 radical (unpaired) electrons. The normalized spacial score (nSPS) is 15.1. The van der Waals surface area contributed by atoms with Gasteiger partial charge in [0.25, 0.3) is 5.91 Å². The van der Waals surface area contributed by atoms with Crippen LogP contribution in [0.25, 0.3) is 0 Å². The van der Waals surface area contributed by atoms with Crippen molar-refractivity contribution in [3.63, 3.8) is 0 Å². The van der Waals surface area contributed by atoms with Gasteiger partial charge < -0.3 is 15.1 Å². The Labute approximate surface area is 161 Å². The number of anilines is 1. The van der Waals surface area contributed by atoms with Crippen LogP contribution >= 0.6 is 0 Å². The lowest BCUT2D eigenvalue weighted by atomic mass is 10.2. The van der Waals surface area contributed by atoms with Gasteiger partial charge in [-0.1, -0.05) is 30.3 Å². The summed E-state index contributed by atoms with van der Waals surface area (Å²) in [6.07, 6.45) is 1.71. The highest BCUT2D eigenvalue weighted by Crippen LogP contribution is 2.13. The Morgan fingerprint density at radius 1 is 1.11 bits per heavy atom. The minimum absolute atomic E-state index is 0.0191. The number of hydrogen-bond donors (Lipinski definition) is 1. The molecule has 1 aliphatic rings. The second-order valence-corrected chi connectivity index (χ2v) is 7.21. The first-order valence-corrected chi connectivity index (χ1v) is 9.52. The molecule has 3 rings (SSSR count). The lowest BCUT2D eigenvalue weighted by molar-refractivity contribution is 0.0623. The van der Waals surface area contributed by atoms with E-state index in [1.165, 1.54) is 5.56 Å². The number of nitrogens with zero attached hydrogens (tertiary/aromatic N) is 4. The summed E-state index contributed by atoms with van der Waals surface area (Å²) in [5, 5.41) is 3.35. The van der Waals surface area contributed by atoms with Gasteiger partial charge in [0.05, 0.1) is 0 Å². The van der Waals surface area contributed by atoms with Crippen molar-refractivity contribution in [3.05, 3.63) is 59.9 Å². The fourth-order valence-electron chi connectivity index (χ4n) is 3.19. The molecule has 144 valence electrons. The van der Waals surface area contributed by atoms with Crippen molar-refractivity contribution >= 4 is 11.6 Å². The second-order valence-electron chi connectivity index (χ2n) is 7.21. The molecule has 0 bridgehead atoms. The summed E-state index contributed by atoms with van der Waals surface area (Å²) in [5.74, 6) is 0.0191. The highest BCUT2D eigenvalue weighted by atomic mass is 16.2. The molecule has 0 spiro atoms. The quantitative estimate of drug-likeness (QED) is 0.811. The van der Waals surface area contributed by atoms with Crippen molar-refractivity contribution < 1.29 is 4.79 Å². The smallest absolute Gasteiger partial charge is 0.272 e. The Morgan fingerprint density at radius 3 is 2.56 bits per heavy atom. The molecule has 0 atom stereocenters. The van der Waals surface area contributed by atoms with E-state index in [2.05, 4.69) is 44.4 Å². The number of pyridine rings is 1. The summed E-state index contributed by atoms with van der Waals surface area (Å²) in [5.41, 5.74) is 2.77. The number of carbonyl (C=O) groups excluding carboxylic acids is 1. The summed E-state index contributed by atoms with van der Waals surface area (Å²) in [4.78, 5) is 23.5. The van der Waals surface area contributed by atoms with Crippen molar-refractivity contribution in [2.24, 2.45) is 0 Å². The molecule has 1 saturated heterocycles. The summed E-state index contributed by atoms with van der Waals surface area (Å²) in [6.45, 7) is 5.98. The van der Waals surface area contributed by atoms with Crippen molar-refractivity contribution in [1.29, 1.82) is 0 Å². The number of likely N-dealkylation sites (N-methyl/N-ethyl adjacent to an activating group) is 1. The predicted molar refractivity (Wildman–Crippen MR) is 109 cm³/mol. The molecule has 6 nitrogen and oxygen atoms in total. The van der Waals surface area contributed by atoms with Gasteiger partial charge >= 0.3 is 0 Å². The van der Waals surface area contributed by atoms with E-state index in [9.17, 15) is 4.79 Å². The molecule has 6 heteroatoms. The zero-order chi connectivity index (χ0) is 19.1. The van der Waals surface area contributed by atoms with Gasteiger partial charge in [-0.15, -0.1) is 0 Å². The van der Waals surface area contributed by atoms with Crippen LogP contribution in [0.5, 0.6) is 0 Å². The Hall–Kier alpha value is -2.44. The number of aromatic nitrogens is 1. The summed E-state index contributed by atoms with van der Waals surface area (Å²) < 4.78 is 0. The average molecular weight is 367 g/mol. The van der Waals surface area contributed by atoms with Crippen molar-refractivity contribution in [2.45, 2.75) is 6.54 Å².